The molecule has 0 aromatic heterocycles. The van der Waals surface area contributed by atoms with Gasteiger partial charge in [0, 0.05) is 6.04 Å². The molecule has 2 saturated carbocycles. The van der Waals surface area contributed by atoms with E-state index in [1.54, 1.807) is 6.08 Å². The summed E-state index contributed by atoms with van der Waals surface area (Å²) in [6.07, 6.45) is 13.8. The van der Waals surface area contributed by atoms with Gasteiger partial charge in [-0.3, -0.25) is 4.52 Å². The molecule has 24 heavy (non-hydrogen) atoms. The summed E-state index contributed by atoms with van der Waals surface area (Å²) in [6, 6.07) is -0.00430. The van der Waals surface area contributed by atoms with Crippen LogP contribution in [-0.2, 0) is 13.9 Å². The van der Waals surface area contributed by atoms with Crippen molar-refractivity contribution >= 4 is 14.7 Å². The third-order valence-corrected chi connectivity index (χ3v) is 5.94. The number of carboxylic acids is 1. The molecule has 0 bridgehead atoms. The molecule has 0 aliphatic heterocycles. The van der Waals surface area contributed by atoms with Gasteiger partial charge in [0.15, 0.2) is 0 Å². The van der Waals surface area contributed by atoms with Crippen LogP contribution in [0.4, 0.5) is 0 Å². The zero-order valence-corrected chi connectivity index (χ0v) is 15.3. The lowest BCUT2D eigenvalue weighted by molar-refractivity contribution is -0.133. The molecule has 2 atom stereocenters. The van der Waals surface area contributed by atoms with Crippen LogP contribution in [0, 0.1) is 17.8 Å². The molecular formula is C18H30NO4P. The summed E-state index contributed by atoms with van der Waals surface area (Å²) < 4.78 is 15.3. The molecule has 2 aliphatic rings. The van der Waals surface area contributed by atoms with Gasteiger partial charge in [0.2, 0.25) is 0 Å². The third-order valence-electron chi connectivity index (χ3n) is 5.71. The lowest BCUT2D eigenvalue weighted by atomic mass is 9.77. The summed E-state index contributed by atoms with van der Waals surface area (Å²) in [5.41, 5.74) is 6.74. The molecule has 0 amide bonds. The van der Waals surface area contributed by atoms with Gasteiger partial charge in [-0.15, -0.1) is 0 Å². The number of nitrogens with two attached hydrogens (primary N) is 1. The van der Waals surface area contributed by atoms with Crippen molar-refractivity contribution in [1.82, 2.24) is 0 Å². The second-order valence-electron chi connectivity index (χ2n) is 7.37. The first kappa shape index (κ1) is 19.6. The lowest BCUT2D eigenvalue weighted by Gasteiger charge is -2.31. The molecule has 0 saturated heterocycles. The largest absolute Gasteiger partial charge is 0.478 e. The highest BCUT2D eigenvalue weighted by atomic mass is 31.1. The van der Waals surface area contributed by atoms with E-state index in [1.165, 1.54) is 44.9 Å². The second-order valence-corrected chi connectivity index (χ2v) is 7.78. The Bertz CT molecular complexity index is 442. The molecule has 0 heterocycles. The molecule has 1 unspecified atom stereocenters. The minimum Gasteiger partial charge on any atom is -0.478 e. The highest BCUT2D eigenvalue weighted by molar-refractivity contribution is 7.17. The zero-order valence-electron chi connectivity index (χ0n) is 14.4. The van der Waals surface area contributed by atoms with Crippen molar-refractivity contribution in [1.29, 1.82) is 0 Å². The van der Waals surface area contributed by atoms with Crippen LogP contribution in [0.1, 0.15) is 64.2 Å². The molecule has 0 radical (unpaired) electrons. The van der Waals surface area contributed by atoms with E-state index in [-0.39, 0.29) is 24.1 Å². The van der Waals surface area contributed by atoms with Gasteiger partial charge in [0.25, 0.3) is 0 Å². The van der Waals surface area contributed by atoms with Crippen molar-refractivity contribution in [2.75, 3.05) is 6.61 Å². The number of rotatable bonds is 9. The summed E-state index contributed by atoms with van der Waals surface area (Å²) in [5.74, 6) is 0.206. The first-order valence-electron chi connectivity index (χ1n) is 9.26. The zero-order chi connectivity index (χ0) is 17.4. The Morgan fingerprint density at radius 3 is 2.38 bits per heavy atom. The predicted molar refractivity (Wildman–Crippen MR) is 93.9 cm³/mol. The SMILES string of the molecule is N[C@H](CC1CCCCC1)C(/C=C(\COP=O)C(=O)O)C1CCCC1. The number of carboxylic acid groups (broad SMARTS) is 1. The van der Waals surface area contributed by atoms with E-state index in [0.717, 1.165) is 19.3 Å². The molecule has 6 heteroatoms. The van der Waals surface area contributed by atoms with Crippen LogP contribution in [-0.4, -0.2) is 23.7 Å². The summed E-state index contributed by atoms with van der Waals surface area (Å²) in [7, 11) is -0.491. The quantitative estimate of drug-likeness (QED) is 0.475. The maximum atomic E-state index is 11.5. The van der Waals surface area contributed by atoms with Gasteiger partial charge in [0.1, 0.15) is 0 Å². The Morgan fingerprint density at radius 1 is 1.17 bits per heavy atom. The van der Waals surface area contributed by atoms with Crippen molar-refractivity contribution in [3.8, 4) is 0 Å². The third kappa shape index (κ3) is 5.94. The Kier molecular flexibility index (Phi) is 8.37. The molecule has 5 nitrogen and oxygen atoms in total. The van der Waals surface area contributed by atoms with Crippen molar-refractivity contribution in [3.63, 3.8) is 0 Å². The minimum atomic E-state index is -1.01. The Morgan fingerprint density at radius 2 is 1.79 bits per heavy atom. The van der Waals surface area contributed by atoms with E-state index in [2.05, 4.69) is 0 Å². The minimum absolute atomic E-state index is 0.00430. The van der Waals surface area contributed by atoms with Crippen LogP contribution in [0.2, 0.25) is 0 Å². The maximum Gasteiger partial charge on any atom is 0.333 e. The highest BCUT2D eigenvalue weighted by Gasteiger charge is 2.31. The van der Waals surface area contributed by atoms with E-state index >= 15 is 0 Å². The smallest absolute Gasteiger partial charge is 0.333 e. The summed E-state index contributed by atoms with van der Waals surface area (Å²) in [4.78, 5) is 11.5. The molecule has 2 fully saturated rings. The van der Waals surface area contributed by atoms with Gasteiger partial charge in [-0.1, -0.05) is 51.0 Å². The normalized spacial score (nSPS) is 23.5. The van der Waals surface area contributed by atoms with Crippen LogP contribution in [0.15, 0.2) is 11.6 Å². The predicted octanol–water partition coefficient (Wildman–Crippen LogP) is 4.32. The van der Waals surface area contributed by atoms with Crippen molar-refractivity contribution in [3.05, 3.63) is 11.6 Å². The van der Waals surface area contributed by atoms with Crippen LogP contribution >= 0.6 is 8.69 Å². The van der Waals surface area contributed by atoms with Crippen LogP contribution in [0.25, 0.3) is 0 Å². The van der Waals surface area contributed by atoms with E-state index in [0.29, 0.717) is 11.8 Å². The lowest BCUT2D eigenvalue weighted by Crippen LogP contribution is -2.36. The van der Waals surface area contributed by atoms with Gasteiger partial charge in [-0.25, -0.2) is 9.36 Å². The highest BCUT2D eigenvalue weighted by Crippen LogP contribution is 2.37. The molecule has 2 aliphatic carbocycles. The van der Waals surface area contributed by atoms with Gasteiger partial charge in [-0.2, -0.15) is 0 Å². The Balaban J connectivity index is 2.09. The molecule has 136 valence electrons. The van der Waals surface area contributed by atoms with Crippen molar-refractivity contribution in [2.24, 2.45) is 23.5 Å². The number of hydrogen-bond acceptors (Lipinski definition) is 4. The Hall–Kier alpha value is -0.770. The fraction of sp³-hybridized carbons (Fsp3) is 0.833. The van der Waals surface area contributed by atoms with Gasteiger partial charge >= 0.3 is 14.7 Å². The van der Waals surface area contributed by atoms with Gasteiger partial charge < -0.3 is 10.8 Å². The molecule has 0 aromatic rings. The molecule has 3 N–H and O–H groups in total. The summed E-state index contributed by atoms with van der Waals surface area (Å²) >= 11 is 0. The number of hydrogen-bond donors (Lipinski definition) is 2. The average molecular weight is 355 g/mol. The fourth-order valence-corrected chi connectivity index (χ4v) is 4.62. The van der Waals surface area contributed by atoms with Gasteiger partial charge in [0.05, 0.1) is 12.2 Å². The van der Waals surface area contributed by atoms with E-state index < -0.39 is 14.7 Å². The van der Waals surface area contributed by atoms with Crippen LogP contribution in [0.3, 0.4) is 0 Å². The van der Waals surface area contributed by atoms with Crippen molar-refractivity contribution in [2.45, 2.75) is 70.3 Å². The number of carbonyl (C=O) groups is 1. The molecule has 0 spiro atoms. The monoisotopic (exact) mass is 355 g/mol. The van der Waals surface area contributed by atoms with E-state index in [1.807, 2.05) is 0 Å². The maximum absolute atomic E-state index is 11.5. The van der Waals surface area contributed by atoms with Gasteiger partial charge in [-0.05, 0) is 37.0 Å². The summed E-state index contributed by atoms with van der Waals surface area (Å²) in [5, 5.41) is 9.40. The first-order chi connectivity index (χ1) is 11.6. The first-order valence-corrected chi connectivity index (χ1v) is 9.99. The summed E-state index contributed by atoms with van der Waals surface area (Å²) in [6.45, 7) is -0.139. The number of aliphatic carboxylic acids is 1. The Labute approximate surface area is 146 Å². The molecule has 0 aromatic carbocycles. The second kappa shape index (κ2) is 10.3. The van der Waals surface area contributed by atoms with E-state index in [9.17, 15) is 14.5 Å². The topological polar surface area (TPSA) is 89.6 Å². The standard InChI is InChI=1S/C18H30NO4P/c19-17(10-13-6-2-1-3-7-13)16(14-8-4-5-9-14)11-15(18(20)21)12-23-24-22/h11,13-14,16-17H,1-10,12,19H2,(H,20,21)/b15-11+/t16?,17-/m1/s1. The van der Waals surface area contributed by atoms with E-state index in [4.69, 9.17) is 10.3 Å². The van der Waals surface area contributed by atoms with Crippen LogP contribution < -0.4 is 5.73 Å². The van der Waals surface area contributed by atoms with Crippen molar-refractivity contribution < 1.29 is 19.0 Å². The average Bonchev–Trinajstić information content (AvgIpc) is 3.09. The molecule has 2 rings (SSSR count). The fourth-order valence-electron chi connectivity index (χ4n) is 4.43. The molecular weight excluding hydrogens is 325 g/mol. The van der Waals surface area contributed by atoms with Crippen LogP contribution in [0.5, 0.6) is 0 Å².